The third-order valence-corrected chi connectivity index (χ3v) is 1.95. The third kappa shape index (κ3) is 2.40. The van der Waals surface area contributed by atoms with Gasteiger partial charge in [0.2, 0.25) is 0 Å². The Labute approximate surface area is 83.1 Å². The van der Waals surface area contributed by atoms with Crippen LogP contribution in [0.4, 0.5) is 13.2 Å². The van der Waals surface area contributed by atoms with Gasteiger partial charge in [0.05, 0.1) is 5.56 Å². The maximum absolute atomic E-state index is 12.2. The largest absolute Gasteiger partial charge is 0.489 e. The van der Waals surface area contributed by atoms with Gasteiger partial charge in [-0.2, -0.15) is 13.2 Å². The van der Waals surface area contributed by atoms with E-state index in [1.165, 1.54) is 0 Å². The SMILES string of the molecule is OB(O)c1cc(C(F)(F)F)ccc1Cl. The minimum atomic E-state index is -4.52. The van der Waals surface area contributed by atoms with Crippen LogP contribution in [0.2, 0.25) is 5.02 Å². The molecule has 0 saturated heterocycles. The van der Waals surface area contributed by atoms with E-state index in [2.05, 4.69) is 0 Å². The molecule has 7 heteroatoms. The van der Waals surface area contributed by atoms with Crippen LogP contribution in [0.15, 0.2) is 18.2 Å². The van der Waals surface area contributed by atoms with E-state index in [-0.39, 0.29) is 10.5 Å². The lowest BCUT2D eigenvalue weighted by molar-refractivity contribution is -0.137. The van der Waals surface area contributed by atoms with Gasteiger partial charge in [-0.15, -0.1) is 0 Å². The van der Waals surface area contributed by atoms with Gasteiger partial charge in [-0.25, -0.2) is 0 Å². The van der Waals surface area contributed by atoms with E-state index in [1.54, 1.807) is 0 Å². The molecule has 0 atom stereocenters. The molecule has 76 valence electrons. The molecule has 14 heavy (non-hydrogen) atoms. The minimum absolute atomic E-state index is 0.118. The Morgan fingerprint density at radius 2 is 1.79 bits per heavy atom. The van der Waals surface area contributed by atoms with Gasteiger partial charge in [-0.3, -0.25) is 0 Å². The molecular formula is C7H5BClF3O2. The molecule has 0 amide bonds. The fraction of sp³-hybridized carbons (Fsp3) is 0.143. The normalized spacial score (nSPS) is 11.6. The zero-order chi connectivity index (χ0) is 10.9. The Balaban J connectivity index is 3.20. The molecule has 0 fully saturated rings. The van der Waals surface area contributed by atoms with E-state index in [4.69, 9.17) is 21.6 Å². The Bertz CT molecular complexity index is 340. The smallest absolute Gasteiger partial charge is 0.423 e. The van der Waals surface area contributed by atoms with Crippen LogP contribution in [0.5, 0.6) is 0 Å². The molecule has 0 spiro atoms. The van der Waals surface area contributed by atoms with E-state index in [0.717, 1.165) is 12.1 Å². The standard InChI is InChI=1S/C7H5BClF3O2/c9-6-2-1-4(7(10,11)12)3-5(6)8(13)14/h1-3,13-14H. The van der Waals surface area contributed by atoms with E-state index in [9.17, 15) is 13.2 Å². The Morgan fingerprint density at radius 1 is 1.21 bits per heavy atom. The van der Waals surface area contributed by atoms with Crippen LogP contribution in [0.3, 0.4) is 0 Å². The summed E-state index contributed by atoms with van der Waals surface area (Å²) in [5.74, 6) is 0. The van der Waals surface area contributed by atoms with Crippen molar-refractivity contribution in [2.75, 3.05) is 0 Å². The first-order valence-electron chi connectivity index (χ1n) is 3.55. The van der Waals surface area contributed by atoms with Gasteiger partial charge in [0.1, 0.15) is 0 Å². The summed E-state index contributed by atoms with van der Waals surface area (Å²) < 4.78 is 36.5. The van der Waals surface area contributed by atoms with Crippen molar-refractivity contribution in [1.82, 2.24) is 0 Å². The predicted molar refractivity (Wildman–Crippen MR) is 46.3 cm³/mol. The summed E-state index contributed by atoms with van der Waals surface area (Å²) in [4.78, 5) is 0. The van der Waals surface area contributed by atoms with Gasteiger partial charge in [-0.05, 0) is 18.2 Å². The zero-order valence-electron chi connectivity index (χ0n) is 6.72. The molecule has 2 nitrogen and oxygen atoms in total. The van der Waals surface area contributed by atoms with Crippen LogP contribution in [-0.2, 0) is 6.18 Å². The van der Waals surface area contributed by atoms with Crippen molar-refractivity contribution in [3.8, 4) is 0 Å². The molecule has 0 unspecified atom stereocenters. The van der Waals surface area contributed by atoms with Crippen LogP contribution >= 0.6 is 11.6 Å². The molecule has 1 aromatic rings. The first-order valence-corrected chi connectivity index (χ1v) is 3.93. The highest BCUT2D eigenvalue weighted by Crippen LogP contribution is 2.29. The highest BCUT2D eigenvalue weighted by atomic mass is 35.5. The number of alkyl halides is 3. The average molecular weight is 224 g/mol. The average Bonchev–Trinajstić information content (AvgIpc) is 2.02. The highest BCUT2D eigenvalue weighted by Gasteiger charge is 2.32. The molecule has 0 aliphatic rings. The molecule has 1 aromatic carbocycles. The molecule has 0 saturated carbocycles. The van der Waals surface area contributed by atoms with Gasteiger partial charge in [-0.1, -0.05) is 11.6 Å². The molecular weight excluding hydrogens is 219 g/mol. The zero-order valence-corrected chi connectivity index (χ0v) is 7.47. The van der Waals surface area contributed by atoms with Crippen molar-refractivity contribution in [2.45, 2.75) is 6.18 Å². The summed E-state index contributed by atoms with van der Waals surface area (Å²) in [5.41, 5.74) is -1.33. The van der Waals surface area contributed by atoms with Crippen molar-refractivity contribution in [3.05, 3.63) is 28.8 Å². The fourth-order valence-corrected chi connectivity index (χ4v) is 1.13. The molecule has 0 bridgehead atoms. The monoisotopic (exact) mass is 224 g/mol. The van der Waals surface area contributed by atoms with Crippen molar-refractivity contribution in [2.24, 2.45) is 0 Å². The first kappa shape index (κ1) is 11.4. The maximum Gasteiger partial charge on any atom is 0.489 e. The minimum Gasteiger partial charge on any atom is -0.423 e. The van der Waals surface area contributed by atoms with E-state index < -0.39 is 18.9 Å². The second-order valence-electron chi connectivity index (χ2n) is 2.61. The van der Waals surface area contributed by atoms with Crippen LogP contribution < -0.4 is 5.46 Å². The number of rotatable bonds is 1. The number of hydrogen-bond acceptors (Lipinski definition) is 2. The Kier molecular flexibility index (Phi) is 3.09. The van der Waals surface area contributed by atoms with E-state index in [0.29, 0.717) is 6.07 Å². The van der Waals surface area contributed by atoms with Crippen LogP contribution in [0.1, 0.15) is 5.56 Å². The molecule has 0 aliphatic carbocycles. The van der Waals surface area contributed by atoms with Crippen molar-refractivity contribution < 1.29 is 23.2 Å². The predicted octanol–water partition coefficient (Wildman–Crippen LogP) is 1.04. The molecule has 0 aromatic heterocycles. The van der Waals surface area contributed by atoms with Gasteiger partial charge < -0.3 is 10.0 Å². The van der Waals surface area contributed by atoms with Crippen molar-refractivity contribution >= 4 is 24.2 Å². The lowest BCUT2D eigenvalue weighted by atomic mass is 9.79. The van der Waals surface area contributed by atoms with Gasteiger partial charge in [0.15, 0.2) is 0 Å². The summed E-state index contributed by atoms with van der Waals surface area (Å²) in [5, 5.41) is 17.3. The molecule has 0 heterocycles. The second kappa shape index (κ2) is 3.80. The fourth-order valence-electron chi connectivity index (χ4n) is 0.918. The second-order valence-corrected chi connectivity index (χ2v) is 3.01. The van der Waals surface area contributed by atoms with Crippen LogP contribution in [0.25, 0.3) is 0 Å². The topological polar surface area (TPSA) is 40.5 Å². The van der Waals surface area contributed by atoms with Crippen molar-refractivity contribution in [3.63, 3.8) is 0 Å². The Hall–Kier alpha value is -0.715. The first-order chi connectivity index (χ1) is 6.32. The molecule has 1 rings (SSSR count). The number of benzene rings is 1. The van der Waals surface area contributed by atoms with Crippen LogP contribution in [-0.4, -0.2) is 17.2 Å². The lowest BCUT2D eigenvalue weighted by Crippen LogP contribution is -2.31. The summed E-state index contributed by atoms with van der Waals surface area (Å²) in [6.07, 6.45) is -4.52. The van der Waals surface area contributed by atoms with Gasteiger partial charge >= 0.3 is 13.3 Å². The molecule has 0 aliphatic heterocycles. The quantitative estimate of drug-likeness (QED) is 0.700. The maximum atomic E-state index is 12.2. The highest BCUT2D eigenvalue weighted by molar-refractivity contribution is 6.62. The summed E-state index contributed by atoms with van der Waals surface area (Å²) in [7, 11) is -2.01. The van der Waals surface area contributed by atoms with Gasteiger partial charge in [0, 0.05) is 10.5 Å². The van der Waals surface area contributed by atoms with E-state index in [1.807, 2.05) is 0 Å². The third-order valence-electron chi connectivity index (χ3n) is 1.60. The Morgan fingerprint density at radius 3 is 2.21 bits per heavy atom. The molecule has 0 radical (unpaired) electrons. The summed E-state index contributed by atoms with van der Waals surface area (Å²) in [6, 6.07) is 2.35. The van der Waals surface area contributed by atoms with Crippen LogP contribution in [0, 0.1) is 0 Å². The van der Waals surface area contributed by atoms with Crippen molar-refractivity contribution in [1.29, 1.82) is 0 Å². The lowest BCUT2D eigenvalue weighted by Gasteiger charge is -2.09. The van der Waals surface area contributed by atoms with Gasteiger partial charge in [0.25, 0.3) is 0 Å². The van der Waals surface area contributed by atoms with E-state index >= 15 is 0 Å². The molecule has 2 N–H and O–H groups in total. The summed E-state index contributed by atoms with van der Waals surface area (Å²) >= 11 is 5.45. The number of halogens is 4. The number of hydrogen-bond donors (Lipinski definition) is 2. The summed E-state index contributed by atoms with van der Waals surface area (Å²) in [6.45, 7) is 0.